The molecule has 0 unspecified atom stereocenters. The molecule has 2 nitrogen and oxygen atoms in total. The number of benzene rings is 1. The van der Waals surface area contributed by atoms with Crippen LogP contribution in [0.1, 0.15) is 12.0 Å². The molecule has 0 spiro atoms. The summed E-state index contributed by atoms with van der Waals surface area (Å²) < 4.78 is 24.7. The minimum absolute atomic E-state index is 0.114. The van der Waals surface area contributed by atoms with Crippen LogP contribution in [0, 0.1) is 5.82 Å². The van der Waals surface area contributed by atoms with Crippen LogP contribution in [0.25, 0.3) is 0 Å². The Morgan fingerprint density at radius 3 is 3.13 bits per heavy atom. The van der Waals surface area contributed by atoms with Crippen LogP contribution in [0.4, 0.5) is 4.39 Å². The van der Waals surface area contributed by atoms with E-state index in [4.69, 9.17) is 9.47 Å². The lowest BCUT2D eigenvalue weighted by Gasteiger charge is -2.10. The Labute approximate surface area is 96.5 Å². The van der Waals surface area contributed by atoms with Crippen molar-refractivity contribution < 1.29 is 13.9 Å². The molecule has 1 aliphatic heterocycles. The van der Waals surface area contributed by atoms with Crippen molar-refractivity contribution in [1.82, 2.24) is 0 Å². The summed E-state index contributed by atoms with van der Waals surface area (Å²) in [6, 6.07) is 5.21. The summed E-state index contributed by atoms with van der Waals surface area (Å²) in [6.45, 7) is 1.67. The fourth-order valence-electron chi connectivity index (χ4n) is 1.51. The molecule has 1 atom stereocenters. The molecule has 1 aliphatic rings. The van der Waals surface area contributed by atoms with Gasteiger partial charge in [-0.3, -0.25) is 0 Å². The fourth-order valence-corrected chi connectivity index (χ4v) is 1.92. The van der Waals surface area contributed by atoms with Gasteiger partial charge in [-0.1, -0.05) is 12.1 Å². The van der Waals surface area contributed by atoms with Crippen LogP contribution in [0.2, 0.25) is 0 Å². The van der Waals surface area contributed by atoms with Crippen LogP contribution in [0.3, 0.4) is 0 Å². The van der Waals surface area contributed by atoms with E-state index in [2.05, 4.69) is 15.9 Å². The Hall–Kier alpha value is -0.450. The standard InChI is InChI=1S/C11H12BrFO2/c12-10-3-1-2-8(11(10)13)6-15-9-4-5-14-7-9/h1-3,9H,4-7H2/t9-/m0/s1. The van der Waals surface area contributed by atoms with Crippen LogP contribution < -0.4 is 0 Å². The van der Waals surface area contributed by atoms with Crippen molar-refractivity contribution in [2.45, 2.75) is 19.1 Å². The van der Waals surface area contributed by atoms with E-state index in [-0.39, 0.29) is 11.9 Å². The maximum Gasteiger partial charge on any atom is 0.142 e. The zero-order valence-corrected chi connectivity index (χ0v) is 9.80. The van der Waals surface area contributed by atoms with Gasteiger partial charge in [-0.2, -0.15) is 0 Å². The van der Waals surface area contributed by atoms with E-state index in [9.17, 15) is 4.39 Å². The molecule has 2 rings (SSSR count). The van der Waals surface area contributed by atoms with Crippen molar-refractivity contribution in [3.8, 4) is 0 Å². The highest BCUT2D eigenvalue weighted by molar-refractivity contribution is 9.10. The third-order valence-electron chi connectivity index (χ3n) is 2.39. The highest BCUT2D eigenvalue weighted by Gasteiger charge is 2.16. The second-order valence-corrected chi connectivity index (χ2v) is 4.36. The van der Waals surface area contributed by atoms with E-state index in [1.165, 1.54) is 0 Å². The van der Waals surface area contributed by atoms with E-state index in [0.717, 1.165) is 13.0 Å². The maximum absolute atomic E-state index is 13.5. The molecule has 4 heteroatoms. The van der Waals surface area contributed by atoms with E-state index < -0.39 is 0 Å². The minimum Gasteiger partial charge on any atom is -0.379 e. The molecule has 0 amide bonds. The minimum atomic E-state index is -0.239. The molecule has 0 aromatic heterocycles. The zero-order chi connectivity index (χ0) is 10.7. The van der Waals surface area contributed by atoms with Crippen LogP contribution in [-0.4, -0.2) is 19.3 Å². The van der Waals surface area contributed by atoms with Crippen LogP contribution in [-0.2, 0) is 16.1 Å². The van der Waals surface area contributed by atoms with E-state index in [1.807, 2.05) is 0 Å². The Morgan fingerprint density at radius 1 is 1.53 bits per heavy atom. The summed E-state index contributed by atoms with van der Waals surface area (Å²) in [7, 11) is 0. The molecule has 0 N–H and O–H groups in total. The Bertz CT molecular complexity index is 337. The van der Waals surface area contributed by atoms with Gasteiger partial charge in [-0.25, -0.2) is 4.39 Å². The van der Waals surface area contributed by atoms with Gasteiger partial charge in [-0.05, 0) is 28.4 Å². The molecule has 0 bridgehead atoms. The van der Waals surface area contributed by atoms with Crippen LogP contribution >= 0.6 is 15.9 Å². The molecule has 0 saturated carbocycles. The molecule has 1 fully saturated rings. The Balaban J connectivity index is 1.95. The van der Waals surface area contributed by atoms with Gasteiger partial charge in [0.05, 0.1) is 23.8 Å². The van der Waals surface area contributed by atoms with Crippen molar-refractivity contribution in [3.63, 3.8) is 0 Å². The third-order valence-corrected chi connectivity index (χ3v) is 3.01. The average Bonchev–Trinajstić information content (AvgIpc) is 2.73. The van der Waals surface area contributed by atoms with Gasteiger partial charge in [0.1, 0.15) is 5.82 Å². The van der Waals surface area contributed by atoms with Crippen molar-refractivity contribution in [2.75, 3.05) is 13.2 Å². The SMILES string of the molecule is Fc1c(Br)cccc1CO[C@H]1CCOC1. The van der Waals surface area contributed by atoms with Crippen molar-refractivity contribution in [1.29, 1.82) is 0 Å². The molecule has 15 heavy (non-hydrogen) atoms. The summed E-state index contributed by atoms with van der Waals surface area (Å²) in [5.41, 5.74) is 0.580. The molecular formula is C11H12BrFO2. The lowest BCUT2D eigenvalue weighted by atomic mass is 10.2. The summed E-state index contributed by atoms with van der Waals surface area (Å²) in [5, 5.41) is 0. The Kier molecular flexibility index (Phi) is 3.72. The normalized spacial score (nSPS) is 20.8. The van der Waals surface area contributed by atoms with Gasteiger partial charge in [0.25, 0.3) is 0 Å². The topological polar surface area (TPSA) is 18.5 Å². The second-order valence-electron chi connectivity index (χ2n) is 3.51. The smallest absolute Gasteiger partial charge is 0.142 e. The summed E-state index contributed by atoms with van der Waals surface area (Å²) in [5.74, 6) is -0.239. The number of ether oxygens (including phenoxy) is 2. The molecule has 0 radical (unpaired) electrons. The van der Waals surface area contributed by atoms with Crippen molar-refractivity contribution in [2.24, 2.45) is 0 Å². The first-order valence-electron chi connectivity index (χ1n) is 4.89. The first-order valence-corrected chi connectivity index (χ1v) is 5.69. The number of hydrogen-bond donors (Lipinski definition) is 0. The predicted molar refractivity (Wildman–Crippen MR) is 58.1 cm³/mol. The molecule has 0 aliphatic carbocycles. The highest BCUT2D eigenvalue weighted by Crippen LogP contribution is 2.20. The quantitative estimate of drug-likeness (QED) is 0.844. The third kappa shape index (κ3) is 2.77. The molecule has 1 aromatic carbocycles. The summed E-state index contributed by atoms with van der Waals surface area (Å²) in [6.07, 6.45) is 1.01. The highest BCUT2D eigenvalue weighted by atomic mass is 79.9. The second kappa shape index (κ2) is 5.05. The molecule has 1 heterocycles. The van der Waals surface area contributed by atoms with E-state index in [0.29, 0.717) is 23.2 Å². The summed E-state index contributed by atoms with van der Waals surface area (Å²) in [4.78, 5) is 0. The van der Waals surface area contributed by atoms with Gasteiger partial charge >= 0.3 is 0 Å². The molecule has 82 valence electrons. The van der Waals surface area contributed by atoms with Crippen LogP contribution in [0.5, 0.6) is 0 Å². The molecular weight excluding hydrogens is 263 g/mol. The van der Waals surface area contributed by atoms with Gasteiger partial charge in [0.2, 0.25) is 0 Å². The van der Waals surface area contributed by atoms with Crippen LogP contribution in [0.15, 0.2) is 22.7 Å². The van der Waals surface area contributed by atoms with Gasteiger partial charge in [0, 0.05) is 12.2 Å². The van der Waals surface area contributed by atoms with Gasteiger partial charge in [0.15, 0.2) is 0 Å². The van der Waals surface area contributed by atoms with E-state index >= 15 is 0 Å². The average molecular weight is 275 g/mol. The number of rotatable bonds is 3. The molecule has 1 saturated heterocycles. The van der Waals surface area contributed by atoms with E-state index in [1.54, 1.807) is 18.2 Å². The Morgan fingerprint density at radius 2 is 2.40 bits per heavy atom. The summed E-state index contributed by atoms with van der Waals surface area (Å²) >= 11 is 3.14. The van der Waals surface area contributed by atoms with Crippen molar-refractivity contribution >= 4 is 15.9 Å². The monoisotopic (exact) mass is 274 g/mol. The van der Waals surface area contributed by atoms with Gasteiger partial charge < -0.3 is 9.47 Å². The fraction of sp³-hybridized carbons (Fsp3) is 0.455. The first-order chi connectivity index (χ1) is 7.27. The van der Waals surface area contributed by atoms with Gasteiger partial charge in [-0.15, -0.1) is 0 Å². The lowest BCUT2D eigenvalue weighted by Crippen LogP contribution is -2.12. The van der Waals surface area contributed by atoms with Crippen molar-refractivity contribution in [3.05, 3.63) is 34.1 Å². The predicted octanol–water partition coefficient (Wildman–Crippen LogP) is 2.89. The largest absolute Gasteiger partial charge is 0.379 e. The number of hydrogen-bond acceptors (Lipinski definition) is 2. The maximum atomic E-state index is 13.5. The zero-order valence-electron chi connectivity index (χ0n) is 8.21. The first kappa shape index (κ1) is 11.0. The number of halogens is 2. The molecule has 1 aromatic rings. The lowest BCUT2D eigenvalue weighted by molar-refractivity contribution is 0.0304.